The number of carbonyl (C=O) groups is 1. The molecule has 0 N–H and O–H groups in total. The summed E-state index contributed by atoms with van der Waals surface area (Å²) in [6.07, 6.45) is -8.40. The average Bonchev–Trinajstić information content (AvgIpc) is 2.42. The summed E-state index contributed by atoms with van der Waals surface area (Å²) in [5, 5.41) is -0.569. The van der Waals surface area contributed by atoms with E-state index in [1.165, 1.54) is 0 Å². The highest BCUT2D eigenvalue weighted by Crippen LogP contribution is 2.48. The number of carbonyl (C=O) groups excluding carboxylic acids is 1. The van der Waals surface area contributed by atoms with Gasteiger partial charge in [0.15, 0.2) is 0 Å². The molecule has 0 aromatic carbocycles. The zero-order chi connectivity index (χ0) is 19.2. The molecule has 10 heteroatoms. The number of hydrogen-bond donors (Lipinski definition) is 0. The summed E-state index contributed by atoms with van der Waals surface area (Å²) < 4.78 is 92.2. The van der Waals surface area contributed by atoms with Crippen molar-refractivity contribution in [2.75, 3.05) is 12.4 Å². The molecule has 1 unspecified atom stereocenters. The summed E-state index contributed by atoms with van der Waals surface area (Å²) in [4.78, 5) is 11.5. The lowest BCUT2D eigenvalue weighted by molar-refractivity contribution is -0.355. The molecule has 0 aliphatic rings. The van der Waals surface area contributed by atoms with E-state index in [9.17, 15) is 35.5 Å². The zero-order valence-corrected chi connectivity index (χ0v) is 14.4. The monoisotopic (exact) mass is 386 g/mol. The van der Waals surface area contributed by atoms with E-state index in [0.717, 1.165) is 11.8 Å². The molecule has 1 atom stereocenters. The molecule has 0 rings (SSSR count). The van der Waals surface area contributed by atoms with Gasteiger partial charge in [0.1, 0.15) is 0 Å². The third-order valence-electron chi connectivity index (χ3n) is 2.96. The third-order valence-corrected chi connectivity index (χ3v) is 4.18. The Kier molecular flexibility index (Phi) is 8.89. The summed E-state index contributed by atoms with van der Waals surface area (Å²) in [5.41, 5.74) is 0. The minimum atomic E-state index is -6.29. The Morgan fingerprint density at radius 1 is 1.00 bits per heavy atom. The first-order chi connectivity index (χ1) is 10.7. The number of alkyl halides is 7. The molecule has 0 aromatic rings. The number of rotatable bonds is 10. The van der Waals surface area contributed by atoms with Crippen molar-refractivity contribution < 1.29 is 40.3 Å². The molecule has 0 saturated heterocycles. The normalized spacial score (nSPS) is 14.8. The second-order valence-corrected chi connectivity index (χ2v) is 7.22. The smallest absolute Gasteiger partial charge is 0.459 e. The van der Waals surface area contributed by atoms with Gasteiger partial charge >= 0.3 is 24.0 Å². The maximum absolute atomic E-state index is 13.0. The predicted molar refractivity (Wildman–Crippen MR) is 77.5 cm³/mol. The summed E-state index contributed by atoms with van der Waals surface area (Å²) >= 11 is 1.07. The fraction of sp³-hybridized carbons (Fsp3) is 0.929. The number of halogens is 7. The van der Waals surface area contributed by atoms with Crippen molar-refractivity contribution >= 4 is 17.7 Å². The van der Waals surface area contributed by atoms with Gasteiger partial charge in [0.05, 0.1) is 11.9 Å². The Labute approximate surface area is 140 Å². The van der Waals surface area contributed by atoms with E-state index >= 15 is 0 Å². The molecule has 0 aliphatic carbocycles. The molecular formula is C14H21F7O2S. The lowest BCUT2D eigenvalue weighted by Crippen LogP contribution is -2.51. The van der Waals surface area contributed by atoms with Crippen LogP contribution in [-0.2, 0) is 9.53 Å². The minimum Gasteiger partial charge on any atom is -0.465 e. The van der Waals surface area contributed by atoms with Crippen molar-refractivity contribution in [3.05, 3.63) is 0 Å². The SMILES string of the molecule is CC(C)COC(=O)C(C)SCCCCC(F)(F)C(F)(F)C(F)(F)F. The van der Waals surface area contributed by atoms with Gasteiger partial charge in [-0.05, 0) is 31.4 Å². The highest BCUT2D eigenvalue weighted by molar-refractivity contribution is 8.00. The van der Waals surface area contributed by atoms with Gasteiger partial charge in [-0.1, -0.05) is 13.8 Å². The van der Waals surface area contributed by atoms with Crippen LogP contribution in [0.5, 0.6) is 0 Å². The Morgan fingerprint density at radius 3 is 2.00 bits per heavy atom. The largest absolute Gasteiger partial charge is 0.465 e. The van der Waals surface area contributed by atoms with Crippen LogP contribution in [0.3, 0.4) is 0 Å². The first kappa shape index (κ1) is 23.3. The topological polar surface area (TPSA) is 26.3 Å². The molecule has 0 fully saturated rings. The highest BCUT2D eigenvalue weighted by atomic mass is 32.2. The number of thioether (sulfide) groups is 1. The Bertz CT molecular complexity index is 397. The molecule has 0 bridgehead atoms. The van der Waals surface area contributed by atoms with Gasteiger partial charge in [-0.2, -0.15) is 30.7 Å². The molecule has 0 spiro atoms. The molecule has 24 heavy (non-hydrogen) atoms. The van der Waals surface area contributed by atoms with Crippen molar-refractivity contribution in [2.24, 2.45) is 5.92 Å². The average molecular weight is 386 g/mol. The van der Waals surface area contributed by atoms with Gasteiger partial charge in [0.2, 0.25) is 0 Å². The van der Waals surface area contributed by atoms with Gasteiger partial charge in [-0.15, -0.1) is 11.8 Å². The Balaban J connectivity index is 4.16. The molecule has 2 nitrogen and oxygen atoms in total. The number of unbranched alkanes of at least 4 members (excludes halogenated alkanes) is 1. The lowest BCUT2D eigenvalue weighted by Gasteiger charge is -2.28. The highest BCUT2D eigenvalue weighted by Gasteiger charge is 2.72. The van der Waals surface area contributed by atoms with Crippen LogP contribution in [-0.4, -0.2) is 41.6 Å². The van der Waals surface area contributed by atoms with Crippen LogP contribution in [0.4, 0.5) is 30.7 Å². The summed E-state index contributed by atoms with van der Waals surface area (Å²) in [5.74, 6) is -11.4. The van der Waals surface area contributed by atoms with Gasteiger partial charge in [-0.25, -0.2) is 0 Å². The van der Waals surface area contributed by atoms with E-state index < -0.39 is 42.1 Å². The second-order valence-electron chi connectivity index (χ2n) is 5.77. The Hall–Kier alpha value is -0.670. The molecule has 144 valence electrons. The third kappa shape index (κ3) is 7.06. The van der Waals surface area contributed by atoms with Crippen molar-refractivity contribution in [1.29, 1.82) is 0 Å². The van der Waals surface area contributed by atoms with E-state index in [2.05, 4.69) is 0 Å². The van der Waals surface area contributed by atoms with E-state index in [0.29, 0.717) is 0 Å². The molecule has 0 heterocycles. The van der Waals surface area contributed by atoms with Crippen molar-refractivity contribution in [3.63, 3.8) is 0 Å². The molecular weight excluding hydrogens is 365 g/mol. The van der Waals surface area contributed by atoms with Gasteiger partial charge in [-0.3, -0.25) is 4.79 Å². The van der Waals surface area contributed by atoms with E-state index in [1.54, 1.807) is 6.92 Å². The molecule has 0 aliphatic heterocycles. The number of ether oxygens (including phenoxy) is 1. The molecule has 0 saturated carbocycles. The van der Waals surface area contributed by atoms with Crippen LogP contribution >= 0.6 is 11.8 Å². The van der Waals surface area contributed by atoms with Crippen molar-refractivity contribution in [2.45, 2.75) is 63.3 Å². The maximum Gasteiger partial charge on any atom is 0.459 e. The van der Waals surface area contributed by atoms with Crippen LogP contribution in [0.15, 0.2) is 0 Å². The van der Waals surface area contributed by atoms with E-state index in [1.807, 2.05) is 13.8 Å². The number of hydrogen-bond acceptors (Lipinski definition) is 3. The van der Waals surface area contributed by atoms with Crippen LogP contribution in [0, 0.1) is 5.92 Å². The minimum absolute atomic E-state index is 0.0179. The number of esters is 1. The molecule has 0 aromatic heterocycles. The van der Waals surface area contributed by atoms with Crippen LogP contribution < -0.4 is 0 Å². The van der Waals surface area contributed by atoms with Crippen LogP contribution in [0.25, 0.3) is 0 Å². The first-order valence-electron chi connectivity index (χ1n) is 7.33. The second kappa shape index (κ2) is 9.15. The lowest BCUT2D eigenvalue weighted by atomic mass is 10.0. The summed E-state index contributed by atoms with van der Waals surface area (Å²) in [7, 11) is 0. The van der Waals surface area contributed by atoms with Crippen LogP contribution in [0.1, 0.15) is 40.0 Å². The predicted octanol–water partition coefficient (Wildman–Crippen LogP) is 5.31. The van der Waals surface area contributed by atoms with Crippen LogP contribution in [0.2, 0.25) is 0 Å². The summed E-state index contributed by atoms with van der Waals surface area (Å²) in [6, 6.07) is 0. The van der Waals surface area contributed by atoms with E-state index in [-0.39, 0.29) is 24.7 Å². The van der Waals surface area contributed by atoms with E-state index in [4.69, 9.17) is 4.74 Å². The molecule has 0 amide bonds. The van der Waals surface area contributed by atoms with Gasteiger partial charge < -0.3 is 4.74 Å². The Morgan fingerprint density at radius 2 is 1.54 bits per heavy atom. The fourth-order valence-electron chi connectivity index (χ4n) is 1.51. The maximum atomic E-state index is 13.0. The first-order valence-corrected chi connectivity index (χ1v) is 8.38. The fourth-order valence-corrected chi connectivity index (χ4v) is 2.44. The quantitative estimate of drug-likeness (QED) is 0.289. The zero-order valence-electron chi connectivity index (χ0n) is 13.6. The van der Waals surface area contributed by atoms with Crippen molar-refractivity contribution in [3.8, 4) is 0 Å². The van der Waals surface area contributed by atoms with Gasteiger partial charge in [0, 0.05) is 6.42 Å². The summed E-state index contributed by atoms with van der Waals surface area (Å²) in [6.45, 7) is 5.48. The van der Waals surface area contributed by atoms with Gasteiger partial charge in [0.25, 0.3) is 0 Å². The standard InChI is InChI=1S/C14H21F7O2S/c1-9(2)8-23-11(22)10(3)24-7-5-4-6-12(15,16)13(17,18)14(19,20)21/h9-10H,4-8H2,1-3H3. The molecule has 0 radical (unpaired) electrons. The van der Waals surface area contributed by atoms with Crippen molar-refractivity contribution in [1.82, 2.24) is 0 Å².